The number of ether oxygens (including phenoxy) is 2. The minimum Gasteiger partial charge on any atom is -0.508 e. The fourth-order valence-corrected chi connectivity index (χ4v) is 1.43. The number of benzene rings is 1. The standard InChI is InChI=1S/C14H16O5/c1-3-18-13(16)8-5-10-9-11(15)6-7-12(10)14(17)19-4-2/h5-9,15H,3-4H2,1-2H3/b8-5+. The van der Waals surface area contributed by atoms with Gasteiger partial charge in [0.25, 0.3) is 0 Å². The normalized spacial score (nSPS) is 10.4. The van der Waals surface area contributed by atoms with Crippen LogP contribution in [0.4, 0.5) is 0 Å². The molecule has 1 aromatic rings. The highest BCUT2D eigenvalue weighted by Crippen LogP contribution is 2.19. The second-order valence-electron chi connectivity index (χ2n) is 3.58. The van der Waals surface area contributed by atoms with Gasteiger partial charge in [0.2, 0.25) is 0 Å². The number of rotatable bonds is 5. The van der Waals surface area contributed by atoms with Crippen molar-refractivity contribution < 1.29 is 24.2 Å². The number of phenols is 1. The second-order valence-corrected chi connectivity index (χ2v) is 3.58. The average molecular weight is 264 g/mol. The Labute approximate surface area is 111 Å². The van der Waals surface area contributed by atoms with E-state index in [1.54, 1.807) is 13.8 Å². The van der Waals surface area contributed by atoms with E-state index in [1.165, 1.54) is 30.4 Å². The molecule has 0 atom stereocenters. The smallest absolute Gasteiger partial charge is 0.338 e. The van der Waals surface area contributed by atoms with Crippen molar-refractivity contribution in [2.24, 2.45) is 0 Å². The molecule has 5 heteroatoms. The summed E-state index contributed by atoms with van der Waals surface area (Å²) >= 11 is 0. The van der Waals surface area contributed by atoms with E-state index in [0.29, 0.717) is 5.56 Å². The van der Waals surface area contributed by atoms with Gasteiger partial charge in [-0.25, -0.2) is 9.59 Å². The summed E-state index contributed by atoms with van der Waals surface area (Å²) in [5.74, 6) is -1.02. The molecule has 0 radical (unpaired) electrons. The SMILES string of the molecule is CCOC(=O)/C=C/c1cc(O)ccc1C(=O)OCC. The first-order valence-corrected chi connectivity index (χ1v) is 5.93. The molecule has 102 valence electrons. The molecule has 0 saturated carbocycles. The van der Waals surface area contributed by atoms with Crippen LogP contribution in [-0.4, -0.2) is 30.3 Å². The van der Waals surface area contributed by atoms with Crippen LogP contribution in [0.1, 0.15) is 29.8 Å². The summed E-state index contributed by atoms with van der Waals surface area (Å²) in [6.45, 7) is 3.92. The lowest BCUT2D eigenvalue weighted by molar-refractivity contribution is -0.137. The first-order valence-electron chi connectivity index (χ1n) is 5.93. The summed E-state index contributed by atoms with van der Waals surface area (Å²) in [4.78, 5) is 22.9. The van der Waals surface area contributed by atoms with Gasteiger partial charge in [-0.05, 0) is 43.7 Å². The van der Waals surface area contributed by atoms with Crippen LogP contribution in [0.3, 0.4) is 0 Å². The molecule has 1 aromatic carbocycles. The van der Waals surface area contributed by atoms with E-state index >= 15 is 0 Å². The third kappa shape index (κ3) is 4.46. The van der Waals surface area contributed by atoms with Crippen LogP contribution in [0, 0.1) is 0 Å². The second kappa shape index (κ2) is 7.20. The molecular weight excluding hydrogens is 248 g/mol. The predicted molar refractivity (Wildman–Crippen MR) is 69.7 cm³/mol. The molecule has 5 nitrogen and oxygen atoms in total. The summed E-state index contributed by atoms with van der Waals surface area (Å²) in [6, 6.07) is 4.20. The van der Waals surface area contributed by atoms with Gasteiger partial charge in [0.1, 0.15) is 5.75 Å². The Bertz CT molecular complexity index is 491. The van der Waals surface area contributed by atoms with Crippen molar-refractivity contribution in [1.82, 2.24) is 0 Å². The molecule has 0 unspecified atom stereocenters. The zero-order chi connectivity index (χ0) is 14.3. The number of hydrogen-bond acceptors (Lipinski definition) is 5. The van der Waals surface area contributed by atoms with E-state index in [-0.39, 0.29) is 24.5 Å². The number of carbonyl (C=O) groups excluding carboxylic acids is 2. The van der Waals surface area contributed by atoms with Crippen LogP contribution < -0.4 is 0 Å². The Hall–Kier alpha value is -2.30. The molecule has 0 bridgehead atoms. The van der Waals surface area contributed by atoms with E-state index in [4.69, 9.17) is 9.47 Å². The number of phenolic OH excluding ortho intramolecular Hbond substituents is 1. The van der Waals surface area contributed by atoms with Crippen molar-refractivity contribution in [3.63, 3.8) is 0 Å². The van der Waals surface area contributed by atoms with E-state index in [2.05, 4.69) is 0 Å². The van der Waals surface area contributed by atoms with Crippen LogP contribution in [0.25, 0.3) is 6.08 Å². The van der Waals surface area contributed by atoms with Crippen molar-refractivity contribution in [1.29, 1.82) is 0 Å². The van der Waals surface area contributed by atoms with Crippen molar-refractivity contribution in [3.05, 3.63) is 35.4 Å². The lowest BCUT2D eigenvalue weighted by Crippen LogP contribution is -2.06. The van der Waals surface area contributed by atoms with Gasteiger partial charge in [0.05, 0.1) is 18.8 Å². The Kier molecular flexibility index (Phi) is 5.60. The topological polar surface area (TPSA) is 72.8 Å². The molecular formula is C14H16O5. The van der Waals surface area contributed by atoms with Gasteiger partial charge in [-0.1, -0.05) is 0 Å². The summed E-state index contributed by atoms with van der Waals surface area (Å²) in [5.41, 5.74) is 0.673. The Morgan fingerprint density at radius 1 is 1.21 bits per heavy atom. The van der Waals surface area contributed by atoms with E-state index in [1.807, 2.05) is 0 Å². The molecule has 0 amide bonds. The van der Waals surface area contributed by atoms with Crippen LogP contribution >= 0.6 is 0 Å². The molecule has 1 N–H and O–H groups in total. The highest BCUT2D eigenvalue weighted by Gasteiger charge is 2.11. The van der Waals surface area contributed by atoms with Gasteiger partial charge in [-0.15, -0.1) is 0 Å². The molecule has 0 aromatic heterocycles. The minimum absolute atomic E-state index is 0.00319. The van der Waals surface area contributed by atoms with E-state index in [9.17, 15) is 14.7 Å². The zero-order valence-corrected chi connectivity index (χ0v) is 10.9. The molecule has 0 fully saturated rings. The maximum absolute atomic E-state index is 11.7. The molecule has 1 rings (SSSR count). The maximum Gasteiger partial charge on any atom is 0.338 e. The third-order valence-corrected chi connectivity index (χ3v) is 2.22. The highest BCUT2D eigenvalue weighted by atomic mass is 16.5. The highest BCUT2D eigenvalue weighted by molar-refractivity contribution is 5.96. The molecule has 0 aliphatic rings. The van der Waals surface area contributed by atoms with Gasteiger partial charge >= 0.3 is 11.9 Å². The first kappa shape index (κ1) is 14.8. The average Bonchev–Trinajstić information content (AvgIpc) is 2.37. The summed E-state index contributed by atoms with van der Waals surface area (Å²) in [6.07, 6.45) is 2.60. The third-order valence-electron chi connectivity index (χ3n) is 2.22. The minimum atomic E-state index is -0.513. The van der Waals surface area contributed by atoms with Crippen molar-refractivity contribution in [3.8, 4) is 5.75 Å². The Morgan fingerprint density at radius 3 is 2.53 bits per heavy atom. The summed E-state index contributed by atoms with van der Waals surface area (Å²) in [5, 5.41) is 9.42. The number of aromatic hydroxyl groups is 1. The maximum atomic E-state index is 11.7. The molecule has 19 heavy (non-hydrogen) atoms. The molecule has 0 heterocycles. The number of esters is 2. The van der Waals surface area contributed by atoms with Crippen molar-refractivity contribution in [2.75, 3.05) is 13.2 Å². The fourth-order valence-electron chi connectivity index (χ4n) is 1.43. The summed E-state index contributed by atoms with van der Waals surface area (Å²) in [7, 11) is 0. The van der Waals surface area contributed by atoms with Gasteiger partial charge in [-0.3, -0.25) is 0 Å². The van der Waals surface area contributed by atoms with Gasteiger partial charge in [0, 0.05) is 6.08 Å². The monoisotopic (exact) mass is 264 g/mol. The Morgan fingerprint density at radius 2 is 1.89 bits per heavy atom. The van der Waals surface area contributed by atoms with Gasteiger partial charge in [-0.2, -0.15) is 0 Å². The predicted octanol–water partition coefficient (Wildman–Crippen LogP) is 2.15. The number of carbonyl (C=O) groups is 2. The molecule has 0 saturated heterocycles. The van der Waals surface area contributed by atoms with Crippen LogP contribution in [0.2, 0.25) is 0 Å². The van der Waals surface area contributed by atoms with Crippen LogP contribution in [0.15, 0.2) is 24.3 Å². The van der Waals surface area contributed by atoms with Crippen molar-refractivity contribution in [2.45, 2.75) is 13.8 Å². The number of hydrogen-bond donors (Lipinski definition) is 1. The van der Waals surface area contributed by atoms with Crippen LogP contribution in [0.5, 0.6) is 5.75 Å². The zero-order valence-electron chi connectivity index (χ0n) is 10.9. The lowest BCUT2D eigenvalue weighted by Gasteiger charge is -2.06. The summed E-state index contributed by atoms with van der Waals surface area (Å²) < 4.78 is 9.63. The van der Waals surface area contributed by atoms with Crippen molar-refractivity contribution >= 4 is 18.0 Å². The molecule has 0 aliphatic heterocycles. The van der Waals surface area contributed by atoms with E-state index in [0.717, 1.165) is 0 Å². The first-order chi connectivity index (χ1) is 9.08. The quantitative estimate of drug-likeness (QED) is 0.651. The Balaban J connectivity index is 3.00. The largest absolute Gasteiger partial charge is 0.508 e. The fraction of sp³-hybridized carbons (Fsp3) is 0.286. The lowest BCUT2D eigenvalue weighted by atomic mass is 10.1. The van der Waals surface area contributed by atoms with E-state index < -0.39 is 11.9 Å². The van der Waals surface area contributed by atoms with Gasteiger partial charge in [0.15, 0.2) is 0 Å². The molecule has 0 aliphatic carbocycles. The van der Waals surface area contributed by atoms with Gasteiger partial charge < -0.3 is 14.6 Å². The molecule has 0 spiro atoms. The van der Waals surface area contributed by atoms with Crippen LogP contribution in [-0.2, 0) is 14.3 Å².